The molecular weight excluding hydrogens is 323 g/mol. The molecule has 0 radical (unpaired) electrons. The van der Waals surface area contributed by atoms with Crippen LogP contribution in [0.2, 0.25) is 0 Å². The maximum Gasteiger partial charge on any atom is 0.307 e. The molecule has 3 fully saturated rings. The van der Waals surface area contributed by atoms with Crippen molar-refractivity contribution in [3.8, 4) is 0 Å². The van der Waals surface area contributed by atoms with Gasteiger partial charge in [-0.3, -0.25) is 9.59 Å². The predicted octanol–water partition coefficient (Wildman–Crippen LogP) is 2.22. The summed E-state index contributed by atoms with van der Waals surface area (Å²) >= 11 is 0. The van der Waals surface area contributed by atoms with Gasteiger partial charge >= 0.3 is 5.97 Å². The zero-order valence-electron chi connectivity index (χ0n) is 14.1. The van der Waals surface area contributed by atoms with Crippen LogP contribution in [0.25, 0.3) is 0 Å². The van der Waals surface area contributed by atoms with E-state index in [4.69, 9.17) is 0 Å². The molecule has 6 heteroatoms. The summed E-state index contributed by atoms with van der Waals surface area (Å²) in [5, 5.41) is 9.55. The van der Waals surface area contributed by atoms with Gasteiger partial charge in [-0.05, 0) is 43.2 Å². The number of halogens is 1. The third-order valence-electron chi connectivity index (χ3n) is 6.27. The number of benzene rings is 1. The monoisotopic (exact) mass is 346 g/mol. The average Bonchev–Trinajstić information content (AvgIpc) is 3.23. The van der Waals surface area contributed by atoms with E-state index in [0.717, 1.165) is 19.3 Å². The molecule has 0 unspecified atom stereocenters. The minimum atomic E-state index is -0.824. The van der Waals surface area contributed by atoms with Crippen LogP contribution in [0.1, 0.15) is 19.3 Å². The van der Waals surface area contributed by atoms with E-state index in [2.05, 4.69) is 0 Å². The highest BCUT2D eigenvalue weighted by molar-refractivity contribution is 5.86. The van der Waals surface area contributed by atoms with Gasteiger partial charge in [0.25, 0.3) is 0 Å². The van der Waals surface area contributed by atoms with Crippen molar-refractivity contribution in [2.75, 3.05) is 31.1 Å². The number of amides is 1. The summed E-state index contributed by atoms with van der Waals surface area (Å²) in [6.45, 7) is 2.19. The van der Waals surface area contributed by atoms with Gasteiger partial charge < -0.3 is 14.9 Å². The Bertz CT molecular complexity index is 687. The molecule has 1 saturated heterocycles. The molecule has 1 N–H and O–H groups in total. The van der Waals surface area contributed by atoms with Gasteiger partial charge in [0.1, 0.15) is 5.82 Å². The smallest absolute Gasteiger partial charge is 0.307 e. The van der Waals surface area contributed by atoms with Crippen molar-refractivity contribution < 1.29 is 19.1 Å². The van der Waals surface area contributed by atoms with Gasteiger partial charge in [-0.25, -0.2) is 4.39 Å². The van der Waals surface area contributed by atoms with Gasteiger partial charge in [-0.15, -0.1) is 0 Å². The van der Waals surface area contributed by atoms with Crippen LogP contribution in [-0.4, -0.2) is 48.1 Å². The second-order valence-electron chi connectivity index (χ2n) is 7.49. The zero-order valence-corrected chi connectivity index (χ0v) is 14.1. The Morgan fingerprint density at radius 3 is 2.28 bits per heavy atom. The fraction of sp³-hybridized carbons (Fsp3) is 0.579. The summed E-state index contributed by atoms with van der Waals surface area (Å²) in [5.41, 5.74) is 0.568. The second-order valence-corrected chi connectivity index (χ2v) is 7.49. The number of piperazine rings is 1. The van der Waals surface area contributed by atoms with Crippen molar-refractivity contribution in [1.29, 1.82) is 0 Å². The summed E-state index contributed by atoms with van der Waals surface area (Å²) < 4.78 is 13.9. The number of carbonyl (C=O) groups excluding carboxylic acids is 1. The van der Waals surface area contributed by atoms with E-state index >= 15 is 0 Å². The highest BCUT2D eigenvalue weighted by atomic mass is 19.1. The summed E-state index contributed by atoms with van der Waals surface area (Å²) in [6, 6.07) is 6.67. The van der Waals surface area contributed by atoms with Crippen molar-refractivity contribution in [1.82, 2.24) is 4.90 Å². The van der Waals surface area contributed by atoms with Crippen molar-refractivity contribution in [2.24, 2.45) is 23.7 Å². The molecule has 4 atom stereocenters. The van der Waals surface area contributed by atoms with Crippen LogP contribution in [0, 0.1) is 29.5 Å². The number of para-hydroxylation sites is 1. The molecule has 3 aliphatic rings. The number of carboxylic acid groups (broad SMARTS) is 1. The number of fused-ring (bicyclic) bond motifs is 2. The summed E-state index contributed by atoms with van der Waals surface area (Å²) in [4.78, 5) is 28.4. The molecular formula is C19H23FN2O3. The summed E-state index contributed by atoms with van der Waals surface area (Å²) in [6.07, 6.45) is 2.79. The van der Waals surface area contributed by atoms with Gasteiger partial charge in [0, 0.05) is 26.2 Å². The van der Waals surface area contributed by atoms with Crippen LogP contribution in [0.5, 0.6) is 0 Å². The molecule has 4 rings (SSSR count). The number of carbonyl (C=O) groups is 2. The van der Waals surface area contributed by atoms with E-state index in [-0.39, 0.29) is 29.5 Å². The number of hydrogen-bond acceptors (Lipinski definition) is 3. The van der Waals surface area contributed by atoms with Crippen LogP contribution in [0.15, 0.2) is 24.3 Å². The first kappa shape index (κ1) is 16.4. The SMILES string of the molecule is O=C(O)[C@H]1[C@H]2CC[C@@H](C2)[C@@H]1C(=O)N1CCN(c2ccccc2F)CC1. The zero-order chi connectivity index (χ0) is 17.6. The van der Waals surface area contributed by atoms with E-state index < -0.39 is 11.9 Å². The van der Waals surface area contributed by atoms with Gasteiger partial charge in [-0.2, -0.15) is 0 Å². The van der Waals surface area contributed by atoms with Gasteiger partial charge in [0.05, 0.1) is 17.5 Å². The second kappa shape index (κ2) is 6.32. The van der Waals surface area contributed by atoms with Crippen LogP contribution in [-0.2, 0) is 9.59 Å². The third-order valence-corrected chi connectivity index (χ3v) is 6.27. The molecule has 2 bridgehead atoms. The molecule has 5 nitrogen and oxygen atoms in total. The quantitative estimate of drug-likeness (QED) is 0.912. The van der Waals surface area contributed by atoms with Gasteiger partial charge in [0.2, 0.25) is 5.91 Å². The van der Waals surface area contributed by atoms with Crippen molar-refractivity contribution in [2.45, 2.75) is 19.3 Å². The molecule has 2 aliphatic carbocycles. The summed E-state index contributed by atoms with van der Waals surface area (Å²) in [5.74, 6) is -1.57. The Hall–Kier alpha value is -2.11. The van der Waals surface area contributed by atoms with E-state index in [9.17, 15) is 19.1 Å². The minimum absolute atomic E-state index is 0.00668. The normalized spacial score (nSPS) is 31.4. The first-order valence-electron chi connectivity index (χ1n) is 9.07. The van der Waals surface area contributed by atoms with Crippen LogP contribution in [0.4, 0.5) is 10.1 Å². The van der Waals surface area contributed by atoms with E-state index in [1.54, 1.807) is 17.0 Å². The number of nitrogens with zero attached hydrogens (tertiary/aromatic N) is 2. The van der Waals surface area contributed by atoms with E-state index in [1.807, 2.05) is 11.0 Å². The standard InChI is InChI=1S/C19H23FN2O3/c20-14-3-1-2-4-15(14)21-7-9-22(10-8-21)18(23)16-12-5-6-13(11-12)17(16)19(24)25/h1-4,12-13,16-17H,5-11H2,(H,24,25)/t12-,13-,16-,17-/m0/s1. The molecule has 1 amide bonds. The Balaban J connectivity index is 1.43. The Morgan fingerprint density at radius 1 is 1.00 bits per heavy atom. The number of aliphatic carboxylic acids is 1. The first-order chi connectivity index (χ1) is 12.1. The van der Waals surface area contributed by atoms with Crippen molar-refractivity contribution in [3.05, 3.63) is 30.1 Å². The lowest BCUT2D eigenvalue weighted by atomic mass is 9.78. The minimum Gasteiger partial charge on any atom is -0.481 e. The molecule has 0 aromatic heterocycles. The lowest BCUT2D eigenvalue weighted by Gasteiger charge is -2.39. The van der Waals surface area contributed by atoms with Crippen LogP contribution in [0.3, 0.4) is 0 Å². The molecule has 2 saturated carbocycles. The van der Waals surface area contributed by atoms with Gasteiger partial charge in [-0.1, -0.05) is 12.1 Å². The Morgan fingerprint density at radius 2 is 1.64 bits per heavy atom. The van der Waals surface area contributed by atoms with Crippen LogP contribution < -0.4 is 4.90 Å². The van der Waals surface area contributed by atoms with E-state index in [1.165, 1.54) is 6.07 Å². The average molecular weight is 346 g/mol. The van der Waals surface area contributed by atoms with Crippen molar-refractivity contribution >= 4 is 17.6 Å². The van der Waals surface area contributed by atoms with Crippen molar-refractivity contribution in [3.63, 3.8) is 0 Å². The van der Waals surface area contributed by atoms with Crippen LogP contribution >= 0.6 is 0 Å². The van der Waals surface area contributed by atoms with E-state index in [0.29, 0.717) is 31.9 Å². The number of rotatable bonds is 3. The topological polar surface area (TPSA) is 60.9 Å². The number of carboxylic acids is 1. The van der Waals surface area contributed by atoms with Gasteiger partial charge in [0.15, 0.2) is 0 Å². The number of anilines is 1. The Kier molecular flexibility index (Phi) is 4.13. The Labute approximate surface area is 146 Å². The fourth-order valence-electron chi connectivity index (χ4n) is 5.09. The predicted molar refractivity (Wildman–Crippen MR) is 90.6 cm³/mol. The maximum absolute atomic E-state index is 13.9. The fourth-order valence-corrected chi connectivity index (χ4v) is 5.09. The lowest BCUT2D eigenvalue weighted by molar-refractivity contribution is -0.153. The molecule has 25 heavy (non-hydrogen) atoms. The molecule has 1 aliphatic heterocycles. The maximum atomic E-state index is 13.9. The molecule has 134 valence electrons. The lowest BCUT2D eigenvalue weighted by Crippen LogP contribution is -2.52. The molecule has 1 aromatic carbocycles. The highest BCUT2D eigenvalue weighted by Gasteiger charge is 2.54. The molecule has 1 heterocycles. The summed E-state index contributed by atoms with van der Waals surface area (Å²) in [7, 11) is 0. The third kappa shape index (κ3) is 2.77. The highest BCUT2D eigenvalue weighted by Crippen LogP contribution is 2.53. The molecule has 0 spiro atoms. The largest absolute Gasteiger partial charge is 0.481 e. The molecule has 1 aromatic rings. The first-order valence-corrected chi connectivity index (χ1v) is 9.07. The number of hydrogen-bond donors (Lipinski definition) is 1.